The van der Waals surface area contributed by atoms with E-state index in [2.05, 4.69) is 6.92 Å². The molecule has 4 heteroatoms. The van der Waals surface area contributed by atoms with Crippen LogP contribution >= 0.6 is 0 Å². The first-order chi connectivity index (χ1) is 7.86. The monoisotopic (exact) mass is 241 g/mol. The molecular formula is C13H23NO3. The van der Waals surface area contributed by atoms with Gasteiger partial charge >= 0.3 is 5.97 Å². The fraction of sp³-hybridized carbons (Fsp3) is 0.846. The minimum absolute atomic E-state index is 0.00338. The zero-order valence-corrected chi connectivity index (χ0v) is 11.1. The Bertz CT molecular complexity index is 303. The summed E-state index contributed by atoms with van der Waals surface area (Å²) in [7, 11) is 0. The van der Waals surface area contributed by atoms with Gasteiger partial charge in [0, 0.05) is 6.04 Å². The molecule has 0 aromatic rings. The number of aliphatic carboxylic acids is 1. The van der Waals surface area contributed by atoms with Gasteiger partial charge in [-0.25, -0.2) is 4.79 Å². The van der Waals surface area contributed by atoms with E-state index in [4.69, 9.17) is 0 Å². The van der Waals surface area contributed by atoms with Crippen molar-refractivity contribution in [1.29, 1.82) is 0 Å². The number of carboxylic acid groups (broad SMARTS) is 1. The Hall–Kier alpha value is -1.06. The van der Waals surface area contributed by atoms with E-state index in [1.165, 1.54) is 4.90 Å². The van der Waals surface area contributed by atoms with Crippen LogP contribution in [0.4, 0.5) is 0 Å². The van der Waals surface area contributed by atoms with Crippen LogP contribution in [0.3, 0.4) is 0 Å². The van der Waals surface area contributed by atoms with Crippen LogP contribution in [0.25, 0.3) is 0 Å². The minimum atomic E-state index is -1.01. The molecule has 0 aromatic heterocycles. The summed E-state index contributed by atoms with van der Waals surface area (Å²) in [6, 6.07) is -0.0838. The van der Waals surface area contributed by atoms with Crippen LogP contribution in [0.5, 0.6) is 0 Å². The molecule has 1 fully saturated rings. The van der Waals surface area contributed by atoms with Crippen LogP contribution in [0.15, 0.2) is 0 Å². The van der Waals surface area contributed by atoms with Gasteiger partial charge in [-0.2, -0.15) is 0 Å². The summed E-state index contributed by atoms with van der Waals surface area (Å²) in [5.41, 5.74) is -1.01. The molecule has 1 saturated carbocycles. The predicted molar refractivity (Wildman–Crippen MR) is 65.6 cm³/mol. The first kappa shape index (κ1) is 14.0. The van der Waals surface area contributed by atoms with Crippen molar-refractivity contribution in [3.05, 3.63) is 0 Å². The van der Waals surface area contributed by atoms with Crippen molar-refractivity contribution in [1.82, 2.24) is 4.90 Å². The van der Waals surface area contributed by atoms with E-state index in [1.54, 1.807) is 0 Å². The second-order valence-corrected chi connectivity index (χ2v) is 5.62. The molecule has 0 heterocycles. The Labute approximate surface area is 103 Å². The predicted octanol–water partition coefficient (Wildman–Crippen LogP) is 2.13. The molecule has 0 spiro atoms. The minimum Gasteiger partial charge on any atom is -0.479 e. The molecule has 0 radical (unpaired) electrons. The Morgan fingerprint density at radius 3 is 2.41 bits per heavy atom. The third-order valence-electron chi connectivity index (χ3n) is 4.09. The maximum Gasteiger partial charge on any atom is 0.329 e. The molecule has 0 aliphatic heterocycles. The highest BCUT2D eigenvalue weighted by molar-refractivity contribution is 5.82. The van der Waals surface area contributed by atoms with Crippen molar-refractivity contribution >= 4 is 12.4 Å². The summed E-state index contributed by atoms with van der Waals surface area (Å²) in [4.78, 5) is 24.4. The number of carbonyl (C=O) groups excluding carboxylic acids is 1. The van der Waals surface area contributed by atoms with Gasteiger partial charge in [0.2, 0.25) is 6.41 Å². The largest absolute Gasteiger partial charge is 0.479 e. The quantitative estimate of drug-likeness (QED) is 0.767. The molecule has 3 atom stereocenters. The second kappa shape index (κ2) is 5.07. The highest BCUT2D eigenvalue weighted by atomic mass is 16.4. The summed E-state index contributed by atoms with van der Waals surface area (Å²) >= 11 is 0. The van der Waals surface area contributed by atoms with Crippen LogP contribution in [0.2, 0.25) is 0 Å². The van der Waals surface area contributed by atoms with Crippen molar-refractivity contribution in [2.24, 2.45) is 11.8 Å². The summed E-state index contributed by atoms with van der Waals surface area (Å²) < 4.78 is 0. The van der Waals surface area contributed by atoms with Gasteiger partial charge < -0.3 is 10.0 Å². The zero-order valence-electron chi connectivity index (χ0n) is 11.1. The number of carboxylic acids is 1. The molecule has 17 heavy (non-hydrogen) atoms. The Balaban J connectivity index is 3.12. The number of carbonyl (C=O) groups is 2. The maximum atomic E-state index is 11.7. The smallest absolute Gasteiger partial charge is 0.329 e. The lowest BCUT2D eigenvalue weighted by molar-refractivity contribution is -0.165. The molecule has 4 nitrogen and oxygen atoms in total. The first-order valence-electron chi connectivity index (χ1n) is 6.33. The van der Waals surface area contributed by atoms with E-state index in [0.717, 1.165) is 12.8 Å². The van der Waals surface area contributed by atoms with Crippen LogP contribution in [-0.2, 0) is 9.59 Å². The summed E-state index contributed by atoms with van der Waals surface area (Å²) in [6.07, 6.45) is 2.99. The van der Waals surface area contributed by atoms with E-state index in [9.17, 15) is 14.7 Å². The molecule has 1 amide bonds. The fourth-order valence-electron chi connectivity index (χ4n) is 3.12. The zero-order chi connectivity index (χ0) is 13.2. The Morgan fingerprint density at radius 1 is 1.47 bits per heavy atom. The summed E-state index contributed by atoms with van der Waals surface area (Å²) in [5.74, 6) is -0.327. The molecular weight excluding hydrogens is 218 g/mol. The fourth-order valence-corrected chi connectivity index (χ4v) is 3.12. The van der Waals surface area contributed by atoms with E-state index < -0.39 is 11.5 Å². The van der Waals surface area contributed by atoms with E-state index >= 15 is 0 Å². The van der Waals surface area contributed by atoms with Crippen LogP contribution in [0.1, 0.15) is 47.0 Å². The van der Waals surface area contributed by atoms with Crippen LogP contribution < -0.4 is 0 Å². The average Bonchev–Trinajstić information content (AvgIpc) is 2.21. The number of hydrogen-bond acceptors (Lipinski definition) is 2. The van der Waals surface area contributed by atoms with Gasteiger partial charge in [0.15, 0.2) is 0 Å². The Morgan fingerprint density at radius 2 is 2.06 bits per heavy atom. The highest BCUT2D eigenvalue weighted by Gasteiger charge is 2.51. The summed E-state index contributed by atoms with van der Waals surface area (Å²) in [6.45, 7) is 7.82. The number of nitrogens with zero attached hydrogens (tertiary/aromatic N) is 1. The molecule has 0 aromatic carbocycles. The topological polar surface area (TPSA) is 57.6 Å². The van der Waals surface area contributed by atoms with Gasteiger partial charge in [-0.15, -0.1) is 0 Å². The van der Waals surface area contributed by atoms with E-state index in [0.29, 0.717) is 18.7 Å². The average molecular weight is 241 g/mol. The van der Waals surface area contributed by atoms with Gasteiger partial charge in [-0.3, -0.25) is 4.79 Å². The van der Waals surface area contributed by atoms with Crippen molar-refractivity contribution < 1.29 is 14.7 Å². The van der Waals surface area contributed by atoms with Gasteiger partial charge in [-0.05, 0) is 44.9 Å². The third-order valence-corrected chi connectivity index (χ3v) is 4.09. The van der Waals surface area contributed by atoms with Gasteiger partial charge in [0.05, 0.1) is 0 Å². The standard InChI is InChI=1S/C13H23NO3/c1-9(2)14(8-15)13(12(16)17)6-5-10(3)7-11(13)4/h8-11H,5-7H2,1-4H3,(H,16,17). The normalized spacial score (nSPS) is 33.5. The lowest BCUT2D eigenvalue weighted by Gasteiger charge is -2.48. The molecule has 98 valence electrons. The number of amides is 1. The molecule has 0 bridgehead atoms. The van der Waals surface area contributed by atoms with Crippen molar-refractivity contribution in [2.45, 2.75) is 58.5 Å². The lowest BCUT2D eigenvalue weighted by Crippen LogP contribution is -2.62. The van der Waals surface area contributed by atoms with Gasteiger partial charge in [-0.1, -0.05) is 13.8 Å². The number of hydrogen-bond donors (Lipinski definition) is 1. The lowest BCUT2D eigenvalue weighted by atomic mass is 9.68. The molecule has 1 aliphatic rings. The molecule has 1 N–H and O–H groups in total. The molecule has 1 rings (SSSR count). The van der Waals surface area contributed by atoms with Crippen molar-refractivity contribution in [2.75, 3.05) is 0 Å². The van der Waals surface area contributed by atoms with Gasteiger partial charge in [0.1, 0.15) is 5.54 Å². The molecule has 0 saturated heterocycles. The third kappa shape index (κ3) is 2.31. The SMILES string of the molecule is CC1CCC(C(=O)O)(N(C=O)C(C)C)C(C)C1. The first-order valence-corrected chi connectivity index (χ1v) is 6.33. The van der Waals surface area contributed by atoms with Crippen LogP contribution in [0, 0.1) is 11.8 Å². The van der Waals surface area contributed by atoms with E-state index in [-0.39, 0.29) is 12.0 Å². The van der Waals surface area contributed by atoms with Crippen molar-refractivity contribution in [3.63, 3.8) is 0 Å². The van der Waals surface area contributed by atoms with Gasteiger partial charge in [0.25, 0.3) is 0 Å². The van der Waals surface area contributed by atoms with E-state index in [1.807, 2.05) is 20.8 Å². The Kier molecular flexibility index (Phi) is 4.17. The van der Waals surface area contributed by atoms with Crippen molar-refractivity contribution in [3.8, 4) is 0 Å². The number of rotatable bonds is 4. The summed E-state index contributed by atoms with van der Waals surface area (Å²) in [5, 5.41) is 9.60. The molecule has 1 aliphatic carbocycles. The maximum absolute atomic E-state index is 11.7. The van der Waals surface area contributed by atoms with Crippen LogP contribution in [-0.4, -0.2) is 34.0 Å². The highest BCUT2D eigenvalue weighted by Crippen LogP contribution is 2.41. The molecule has 3 unspecified atom stereocenters. The second-order valence-electron chi connectivity index (χ2n) is 5.62.